The largest absolute Gasteiger partial charge is 0.495 e. The van der Waals surface area contributed by atoms with E-state index in [4.69, 9.17) is 21.1 Å². The Morgan fingerprint density at radius 2 is 1.81 bits per heavy atom. The molecule has 0 saturated heterocycles. The van der Waals surface area contributed by atoms with Crippen molar-refractivity contribution in [3.8, 4) is 11.5 Å². The number of fused-ring (bicyclic) bond motifs is 1. The molecule has 0 atom stereocenters. The zero-order valence-electron chi connectivity index (χ0n) is 14.4. The molecule has 8 nitrogen and oxygen atoms in total. The van der Waals surface area contributed by atoms with Crippen molar-refractivity contribution in [3.05, 3.63) is 47.0 Å². The molecule has 0 unspecified atom stereocenters. The van der Waals surface area contributed by atoms with Crippen LogP contribution in [0, 0.1) is 0 Å². The molecule has 142 valence electrons. The molecule has 1 N–H and O–H groups in total. The number of anilines is 1. The fourth-order valence-electron chi connectivity index (χ4n) is 2.67. The zero-order chi connectivity index (χ0) is 19.8. The topological polar surface area (TPSA) is 102 Å². The number of halogens is 1. The Morgan fingerprint density at radius 1 is 1.15 bits per heavy atom. The van der Waals surface area contributed by atoms with Gasteiger partial charge in [0.15, 0.2) is 0 Å². The Balaban J connectivity index is 1.84. The molecule has 0 radical (unpaired) electrons. The van der Waals surface area contributed by atoms with Crippen molar-refractivity contribution >= 4 is 39.1 Å². The van der Waals surface area contributed by atoms with Crippen LogP contribution in [0.2, 0.25) is 5.02 Å². The molecule has 2 aromatic rings. The van der Waals surface area contributed by atoms with Crippen LogP contribution < -0.4 is 14.8 Å². The van der Waals surface area contributed by atoms with Gasteiger partial charge in [0.25, 0.3) is 15.9 Å². The molecule has 0 saturated carbocycles. The predicted octanol–water partition coefficient (Wildman–Crippen LogP) is 2.14. The Bertz CT molecular complexity index is 1040. The first kappa shape index (κ1) is 19.0. The highest BCUT2D eigenvalue weighted by Gasteiger charge is 2.41. The summed E-state index contributed by atoms with van der Waals surface area (Å²) in [5.74, 6) is -0.859. The van der Waals surface area contributed by atoms with Gasteiger partial charge < -0.3 is 14.8 Å². The Hall–Kier alpha value is -2.78. The van der Waals surface area contributed by atoms with Crippen LogP contribution in [-0.4, -0.2) is 45.3 Å². The molecule has 0 aliphatic carbocycles. The summed E-state index contributed by atoms with van der Waals surface area (Å²) in [6, 6.07) is 8.68. The molecule has 0 bridgehead atoms. The average Bonchev–Trinajstić information content (AvgIpc) is 2.83. The second kappa shape index (κ2) is 7.09. The van der Waals surface area contributed by atoms with Crippen LogP contribution in [-0.2, 0) is 14.8 Å². The lowest BCUT2D eigenvalue weighted by molar-refractivity contribution is -0.116. The normalized spacial score (nSPS) is 14.6. The number of hydrogen-bond donors (Lipinski definition) is 1. The second-order valence-electron chi connectivity index (χ2n) is 5.55. The van der Waals surface area contributed by atoms with Crippen LogP contribution in [0.5, 0.6) is 11.5 Å². The monoisotopic (exact) mass is 410 g/mol. The lowest BCUT2D eigenvalue weighted by atomic mass is 10.2. The van der Waals surface area contributed by atoms with Gasteiger partial charge in [-0.25, -0.2) is 12.7 Å². The highest BCUT2D eigenvalue weighted by molar-refractivity contribution is 7.90. The van der Waals surface area contributed by atoms with Gasteiger partial charge in [-0.05, 0) is 18.2 Å². The smallest absolute Gasteiger partial charge is 0.269 e. The van der Waals surface area contributed by atoms with Crippen molar-refractivity contribution in [2.75, 3.05) is 26.1 Å². The van der Waals surface area contributed by atoms with E-state index in [1.807, 2.05) is 0 Å². The third kappa shape index (κ3) is 3.31. The van der Waals surface area contributed by atoms with E-state index in [1.165, 1.54) is 44.6 Å². The summed E-state index contributed by atoms with van der Waals surface area (Å²) in [4.78, 5) is 24.6. The molecule has 3 rings (SSSR count). The average molecular weight is 411 g/mol. The predicted molar refractivity (Wildman–Crippen MR) is 97.9 cm³/mol. The van der Waals surface area contributed by atoms with Crippen LogP contribution in [0.15, 0.2) is 41.3 Å². The Morgan fingerprint density at radius 3 is 2.44 bits per heavy atom. The highest BCUT2D eigenvalue weighted by Crippen LogP contribution is 2.36. The van der Waals surface area contributed by atoms with Crippen LogP contribution in [0.3, 0.4) is 0 Å². The van der Waals surface area contributed by atoms with Gasteiger partial charge in [0.05, 0.1) is 30.5 Å². The summed E-state index contributed by atoms with van der Waals surface area (Å²) in [6.45, 7) is -0.678. The fraction of sp³-hybridized carbons (Fsp3) is 0.176. The maximum absolute atomic E-state index is 12.5. The third-order valence-electron chi connectivity index (χ3n) is 3.95. The lowest BCUT2D eigenvalue weighted by Crippen LogP contribution is -2.37. The summed E-state index contributed by atoms with van der Waals surface area (Å²) in [7, 11) is -1.25. The molecule has 1 aliphatic rings. The summed E-state index contributed by atoms with van der Waals surface area (Å²) < 4.78 is 35.8. The standard InChI is InChI=1S/C17H15ClN2O6S/c1-25-13-8-14(26-2)12(7-11(13)18)19-16(21)9-20-17(22)10-5-3-4-6-15(10)27(20,23)24/h3-8H,9H2,1-2H3,(H,19,21). The van der Waals surface area contributed by atoms with Gasteiger partial charge in [-0.2, -0.15) is 0 Å². The van der Waals surface area contributed by atoms with Crippen molar-refractivity contribution in [1.82, 2.24) is 4.31 Å². The molecule has 2 amide bonds. The molecule has 10 heteroatoms. The summed E-state index contributed by atoms with van der Waals surface area (Å²) in [5, 5.41) is 2.73. The molecule has 1 aliphatic heterocycles. The number of carbonyl (C=O) groups is 2. The molecule has 0 fully saturated rings. The summed E-state index contributed by atoms with van der Waals surface area (Å²) in [6.07, 6.45) is 0. The number of sulfonamides is 1. The van der Waals surface area contributed by atoms with Gasteiger partial charge in [-0.15, -0.1) is 0 Å². The van der Waals surface area contributed by atoms with Crippen LogP contribution in [0.4, 0.5) is 5.69 Å². The molecular weight excluding hydrogens is 396 g/mol. The quantitative estimate of drug-likeness (QED) is 0.810. The number of benzene rings is 2. The first-order chi connectivity index (χ1) is 12.8. The van der Waals surface area contributed by atoms with Gasteiger partial charge in [-0.3, -0.25) is 9.59 Å². The minimum absolute atomic E-state index is 0.0374. The minimum Gasteiger partial charge on any atom is -0.495 e. The molecule has 1 heterocycles. The fourth-order valence-corrected chi connectivity index (χ4v) is 4.43. The number of ether oxygens (including phenoxy) is 2. The van der Waals surface area contributed by atoms with E-state index in [0.29, 0.717) is 10.1 Å². The Labute approximate surface area is 160 Å². The Kier molecular flexibility index (Phi) is 4.99. The number of hydrogen-bond acceptors (Lipinski definition) is 6. The van der Waals surface area contributed by atoms with E-state index >= 15 is 0 Å². The van der Waals surface area contributed by atoms with Crippen molar-refractivity contribution in [2.24, 2.45) is 0 Å². The van der Waals surface area contributed by atoms with Crippen molar-refractivity contribution in [3.63, 3.8) is 0 Å². The second-order valence-corrected chi connectivity index (χ2v) is 7.79. The highest BCUT2D eigenvalue weighted by atomic mass is 35.5. The van der Waals surface area contributed by atoms with Gasteiger partial charge in [-0.1, -0.05) is 23.7 Å². The van der Waals surface area contributed by atoms with E-state index in [-0.39, 0.29) is 26.9 Å². The van der Waals surface area contributed by atoms with Gasteiger partial charge >= 0.3 is 0 Å². The zero-order valence-corrected chi connectivity index (χ0v) is 15.9. The van der Waals surface area contributed by atoms with E-state index in [1.54, 1.807) is 6.07 Å². The molecule has 0 aromatic heterocycles. The van der Waals surface area contributed by atoms with Crippen molar-refractivity contribution in [1.29, 1.82) is 0 Å². The number of amides is 2. The first-order valence-electron chi connectivity index (χ1n) is 7.67. The number of nitrogens with one attached hydrogen (secondary N) is 1. The molecular formula is C17H15ClN2O6S. The maximum Gasteiger partial charge on any atom is 0.269 e. The van der Waals surface area contributed by atoms with E-state index < -0.39 is 28.4 Å². The SMILES string of the molecule is COc1cc(OC)c(NC(=O)CN2C(=O)c3ccccc3S2(=O)=O)cc1Cl. The summed E-state index contributed by atoms with van der Waals surface area (Å²) >= 11 is 6.05. The van der Waals surface area contributed by atoms with E-state index in [0.717, 1.165) is 0 Å². The van der Waals surface area contributed by atoms with Crippen LogP contribution >= 0.6 is 11.6 Å². The van der Waals surface area contributed by atoms with Crippen LogP contribution in [0.1, 0.15) is 10.4 Å². The minimum atomic E-state index is -4.07. The number of methoxy groups -OCH3 is 2. The number of nitrogens with zero attached hydrogens (tertiary/aromatic N) is 1. The van der Waals surface area contributed by atoms with Gasteiger partial charge in [0.1, 0.15) is 22.9 Å². The van der Waals surface area contributed by atoms with E-state index in [9.17, 15) is 18.0 Å². The van der Waals surface area contributed by atoms with Crippen LogP contribution in [0.25, 0.3) is 0 Å². The third-order valence-corrected chi connectivity index (χ3v) is 6.03. The maximum atomic E-state index is 12.5. The van der Waals surface area contributed by atoms with Gasteiger partial charge in [0.2, 0.25) is 5.91 Å². The molecule has 2 aromatic carbocycles. The summed E-state index contributed by atoms with van der Waals surface area (Å²) in [5.41, 5.74) is 0.255. The van der Waals surface area contributed by atoms with Gasteiger partial charge in [0, 0.05) is 6.07 Å². The van der Waals surface area contributed by atoms with Crippen molar-refractivity contribution < 1.29 is 27.5 Å². The number of carbonyl (C=O) groups excluding carboxylic acids is 2. The first-order valence-corrected chi connectivity index (χ1v) is 9.49. The lowest BCUT2D eigenvalue weighted by Gasteiger charge is -2.16. The van der Waals surface area contributed by atoms with Crippen molar-refractivity contribution in [2.45, 2.75) is 4.90 Å². The molecule has 0 spiro atoms. The van der Waals surface area contributed by atoms with E-state index in [2.05, 4.69) is 5.32 Å². The number of rotatable bonds is 5. The molecule has 27 heavy (non-hydrogen) atoms.